The number of carbonyl (C=O) groups excluding carboxylic acids is 1. The molecule has 0 aliphatic carbocycles. The minimum Gasteiger partial charge on any atom is -0.496 e. The first kappa shape index (κ1) is 19.7. The maximum absolute atomic E-state index is 12.4. The molecule has 0 unspecified atom stereocenters. The van der Waals surface area contributed by atoms with Crippen LogP contribution in [0.1, 0.15) is 29.5 Å². The van der Waals surface area contributed by atoms with Crippen molar-refractivity contribution in [2.75, 3.05) is 20.7 Å². The van der Waals surface area contributed by atoms with E-state index in [-0.39, 0.29) is 30.5 Å². The summed E-state index contributed by atoms with van der Waals surface area (Å²) >= 11 is 0. The SMILES string of the molecule is COc1c(C)cc(CN(C)C(=O)[C@@H]2CC[C@H](CN)O2)cc1C.Cl. The summed E-state index contributed by atoms with van der Waals surface area (Å²) in [6, 6.07) is 4.13. The first-order chi connectivity index (χ1) is 10.5. The summed E-state index contributed by atoms with van der Waals surface area (Å²) in [6.45, 7) is 5.08. The average Bonchev–Trinajstić information content (AvgIpc) is 2.95. The van der Waals surface area contributed by atoms with Crippen molar-refractivity contribution in [3.63, 3.8) is 0 Å². The molecule has 1 amide bonds. The Morgan fingerprint density at radius 2 is 1.96 bits per heavy atom. The quantitative estimate of drug-likeness (QED) is 0.891. The minimum atomic E-state index is -0.348. The molecule has 23 heavy (non-hydrogen) atoms. The van der Waals surface area contributed by atoms with Crippen molar-refractivity contribution in [2.24, 2.45) is 5.73 Å². The number of carbonyl (C=O) groups is 1. The first-order valence-corrected chi connectivity index (χ1v) is 7.70. The number of ether oxygens (including phenoxy) is 2. The van der Waals surface area contributed by atoms with Gasteiger partial charge in [0, 0.05) is 20.1 Å². The third-order valence-electron chi connectivity index (χ3n) is 4.17. The Hall–Kier alpha value is -1.30. The first-order valence-electron chi connectivity index (χ1n) is 7.70. The van der Waals surface area contributed by atoms with E-state index in [2.05, 4.69) is 12.1 Å². The molecule has 5 nitrogen and oxygen atoms in total. The molecule has 0 saturated carbocycles. The number of halogens is 1. The summed E-state index contributed by atoms with van der Waals surface area (Å²) in [5.41, 5.74) is 8.86. The van der Waals surface area contributed by atoms with Crippen LogP contribution in [0.3, 0.4) is 0 Å². The lowest BCUT2D eigenvalue weighted by Crippen LogP contribution is -2.36. The fourth-order valence-electron chi connectivity index (χ4n) is 3.11. The molecular formula is C17H27ClN2O3. The van der Waals surface area contributed by atoms with Gasteiger partial charge in [0.2, 0.25) is 0 Å². The van der Waals surface area contributed by atoms with Gasteiger partial charge in [-0.3, -0.25) is 4.79 Å². The van der Waals surface area contributed by atoms with E-state index >= 15 is 0 Å². The summed E-state index contributed by atoms with van der Waals surface area (Å²) in [5, 5.41) is 0. The van der Waals surface area contributed by atoms with E-state index in [1.165, 1.54) is 0 Å². The Morgan fingerprint density at radius 3 is 2.43 bits per heavy atom. The number of nitrogens with two attached hydrogens (primary N) is 1. The number of amides is 1. The van der Waals surface area contributed by atoms with Crippen LogP contribution in [0.2, 0.25) is 0 Å². The fourth-order valence-corrected chi connectivity index (χ4v) is 3.11. The van der Waals surface area contributed by atoms with Gasteiger partial charge in [0.25, 0.3) is 5.91 Å². The lowest BCUT2D eigenvalue weighted by molar-refractivity contribution is -0.141. The predicted octanol–water partition coefficient (Wildman–Crippen LogP) is 2.20. The Kier molecular flexibility index (Phi) is 7.32. The molecule has 1 aliphatic rings. The van der Waals surface area contributed by atoms with Crippen LogP contribution in [0.25, 0.3) is 0 Å². The van der Waals surface area contributed by atoms with Gasteiger partial charge in [0.1, 0.15) is 11.9 Å². The zero-order valence-corrected chi connectivity index (χ0v) is 15.1. The summed E-state index contributed by atoms with van der Waals surface area (Å²) in [4.78, 5) is 14.2. The van der Waals surface area contributed by atoms with Crippen molar-refractivity contribution in [2.45, 2.75) is 45.4 Å². The Labute approximate surface area is 144 Å². The normalized spacial score (nSPS) is 20.0. The van der Waals surface area contributed by atoms with Crippen molar-refractivity contribution in [3.8, 4) is 5.75 Å². The van der Waals surface area contributed by atoms with Crippen LogP contribution in [0.4, 0.5) is 0 Å². The van der Waals surface area contributed by atoms with Crippen LogP contribution in [-0.2, 0) is 16.1 Å². The second-order valence-electron chi connectivity index (χ2n) is 6.02. The van der Waals surface area contributed by atoms with E-state index in [9.17, 15) is 4.79 Å². The summed E-state index contributed by atoms with van der Waals surface area (Å²) in [6.07, 6.45) is 1.29. The van der Waals surface area contributed by atoms with Crippen molar-refractivity contribution >= 4 is 18.3 Å². The van der Waals surface area contributed by atoms with Crippen molar-refractivity contribution in [3.05, 3.63) is 28.8 Å². The maximum Gasteiger partial charge on any atom is 0.251 e. The topological polar surface area (TPSA) is 64.8 Å². The lowest BCUT2D eigenvalue weighted by Gasteiger charge is -2.22. The predicted molar refractivity (Wildman–Crippen MR) is 93.1 cm³/mol. The number of methoxy groups -OCH3 is 1. The van der Waals surface area contributed by atoms with Crippen LogP contribution in [-0.4, -0.2) is 43.7 Å². The van der Waals surface area contributed by atoms with Crippen LogP contribution >= 0.6 is 12.4 Å². The van der Waals surface area contributed by atoms with Gasteiger partial charge >= 0.3 is 0 Å². The van der Waals surface area contributed by atoms with Crippen molar-refractivity contribution < 1.29 is 14.3 Å². The standard InChI is InChI=1S/C17H26N2O3.ClH/c1-11-7-13(8-12(2)16(11)21-4)10-19(3)17(20)15-6-5-14(9-18)22-15;/h7-8,14-15H,5-6,9-10,18H2,1-4H3;1H/t14-,15+;/m1./s1. The third kappa shape index (κ3) is 4.59. The number of hydrogen-bond donors (Lipinski definition) is 1. The van der Waals surface area contributed by atoms with E-state index in [0.717, 1.165) is 35.3 Å². The molecule has 2 atom stereocenters. The second kappa shape index (κ2) is 8.52. The summed E-state index contributed by atoms with van der Waals surface area (Å²) in [5.74, 6) is 0.935. The molecule has 1 aliphatic heterocycles. The molecule has 1 saturated heterocycles. The lowest BCUT2D eigenvalue weighted by atomic mass is 10.0. The summed E-state index contributed by atoms with van der Waals surface area (Å²) < 4.78 is 11.1. The number of benzene rings is 1. The van der Waals surface area contributed by atoms with Crippen LogP contribution < -0.4 is 10.5 Å². The molecule has 1 aromatic carbocycles. The highest BCUT2D eigenvalue weighted by molar-refractivity contribution is 5.85. The molecule has 6 heteroatoms. The number of hydrogen-bond acceptors (Lipinski definition) is 4. The zero-order chi connectivity index (χ0) is 16.3. The molecule has 0 radical (unpaired) electrons. The zero-order valence-electron chi connectivity index (χ0n) is 14.3. The highest BCUT2D eigenvalue weighted by atomic mass is 35.5. The molecular weight excluding hydrogens is 316 g/mol. The number of nitrogens with zero attached hydrogens (tertiary/aromatic N) is 1. The van der Waals surface area contributed by atoms with E-state index in [1.54, 1.807) is 12.0 Å². The maximum atomic E-state index is 12.4. The van der Waals surface area contributed by atoms with E-state index in [0.29, 0.717) is 13.1 Å². The van der Waals surface area contributed by atoms with E-state index in [1.807, 2.05) is 20.9 Å². The fraction of sp³-hybridized carbons (Fsp3) is 0.588. The van der Waals surface area contributed by atoms with Crippen LogP contribution in [0.5, 0.6) is 5.75 Å². The number of aryl methyl sites for hydroxylation is 2. The largest absolute Gasteiger partial charge is 0.496 e. The third-order valence-corrected chi connectivity index (χ3v) is 4.17. The van der Waals surface area contributed by atoms with Gasteiger partial charge in [0.05, 0.1) is 13.2 Å². The molecule has 2 rings (SSSR count). The Balaban J connectivity index is 0.00000264. The van der Waals surface area contributed by atoms with Gasteiger partial charge in [-0.1, -0.05) is 12.1 Å². The van der Waals surface area contributed by atoms with E-state index in [4.69, 9.17) is 15.2 Å². The average molecular weight is 343 g/mol. The molecule has 1 heterocycles. The molecule has 1 aromatic rings. The van der Waals surface area contributed by atoms with Crippen LogP contribution in [0, 0.1) is 13.8 Å². The second-order valence-corrected chi connectivity index (χ2v) is 6.02. The number of likely N-dealkylation sites (N-methyl/N-ethyl adjacent to an activating group) is 1. The van der Waals surface area contributed by atoms with Gasteiger partial charge in [-0.05, 0) is 43.4 Å². The Morgan fingerprint density at radius 1 is 1.35 bits per heavy atom. The van der Waals surface area contributed by atoms with Crippen molar-refractivity contribution in [1.82, 2.24) is 4.90 Å². The molecule has 0 bridgehead atoms. The Bertz CT molecular complexity index is 528. The number of rotatable bonds is 5. The van der Waals surface area contributed by atoms with Gasteiger partial charge in [-0.25, -0.2) is 0 Å². The van der Waals surface area contributed by atoms with Crippen molar-refractivity contribution in [1.29, 1.82) is 0 Å². The molecule has 1 fully saturated rings. The van der Waals surface area contributed by atoms with Crippen LogP contribution in [0.15, 0.2) is 12.1 Å². The minimum absolute atomic E-state index is 0. The van der Waals surface area contributed by atoms with Gasteiger partial charge in [0.15, 0.2) is 0 Å². The molecule has 0 spiro atoms. The molecule has 130 valence electrons. The highest BCUT2D eigenvalue weighted by Crippen LogP contribution is 2.25. The van der Waals surface area contributed by atoms with Gasteiger partial charge < -0.3 is 20.1 Å². The smallest absolute Gasteiger partial charge is 0.251 e. The van der Waals surface area contributed by atoms with Gasteiger partial charge in [-0.2, -0.15) is 0 Å². The van der Waals surface area contributed by atoms with Gasteiger partial charge in [-0.15, -0.1) is 12.4 Å². The summed E-state index contributed by atoms with van der Waals surface area (Å²) in [7, 11) is 3.49. The highest BCUT2D eigenvalue weighted by Gasteiger charge is 2.31. The molecule has 0 aromatic heterocycles. The molecule has 2 N–H and O–H groups in total. The monoisotopic (exact) mass is 342 g/mol. The van der Waals surface area contributed by atoms with E-state index < -0.39 is 0 Å².